The van der Waals surface area contributed by atoms with Gasteiger partial charge in [-0.15, -0.1) is 0 Å². The highest BCUT2D eigenvalue weighted by Gasteiger charge is 2.26. The topological polar surface area (TPSA) is 58.2 Å². The van der Waals surface area contributed by atoms with Crippen molar-refractivity contribution in [3.8, 4) is 0 Å². The molecule has 0 bridgehead atoms. The van der Waals surface area contributed by atoms with Gasteiger partial charge in [0.25, 0.3) is 5.91 Å². The zero-order chi connectivity index (χ0) is 13.4. The second-order valence-electron chi connectivity index (χ2n) is 5.55. The monoisotopic (exact) mass is 258 g/mol. The summed E-state index contributed by atoms with van der Waals surface area (Å²) in [5.74, 6) is 0.582. The molecule has 1 saturated carbocycles. The molecular weight excluding hydrogens is 240 g/mol. The third-order valence-electron chi connectivity index (χ3n) is 4.21. The predicted molar refractivity (Wildman–Crippen MR) is 73.0 cm³/mol. The fourth-order valence-corrected chi connectivity index (χ4v) is 2.72. The number of anilines is 1. The predicted octanol–water partition coefficient (Wildman–Crippen LogP) is 2.10. The molecule has 1 aromatic carbocycles. The Morgan fingerprint density at radius 2 is 2.21 bits per heavy atom. The molecule has 4 heteroatoms. The Morgan fingerprint density at radius 1 is 1.42 bits per heavy atom. The third kappa shape index (κ3) is 2.35. The van der Waals surface area contributed by atoms with Crippen LogP contribution in [-0.2, 0) is 11.2 Å². The fraction of sp³-hybridized carbons (Fsp3) is 0.467. The maximum absolute atomic E-state index is 12.2. The van der Waals surface area contributed by atoms with Crippen molar-refractivity contribution in [2.24, 2.45) is 5.92 Å². The summed E-state index contributed by atoms with van der Waals surface area (Å²) in [7, 11) is 0. The van der Waals surface area contributed by atoms with Crippen molar-refractivity contribution in [1.82, 2.24) is 5.32 Å². The summed E-state index contributed by atoms with van der Waals surface area (Å²) in [5.41, 5.74) is 2.38. The lowest BCUT2D eigenvalue weighted by molar-refractivity contribution is -0.115. The van der Waals surface area contributed by atoms with E-state index in [0.717, 1.165) is 11.3 Å². The number of carbonyl (C=O) groups is 2. The van der Waals surface area contributed by atoms with Crippen LogP contribution in [0.3, 0.4) is 0 Å². The van der Waals surface area contributed by atoms with Crippen molar-refractivity contribution in [1.29, 1.82) is 0 Å². The van der Waals surface area contributed by atoms with Crippen molar-refractivity contribution in [3.63, 3.8) is 0 Å². The van der Waals surface area contributed by atoms with Gasteiger partial charge in [0.15, 0.2) is 0 Å². The molecule has 1 heterocycles. The van der Waals surface area contributed by atoms with Gasteiger partial charge in [-0.1, -0.05) is 6.42 Å². The van der Waals surface area contributed by atoms with Crippen LogP contribution in [-0.4, -0.2) is 17.9 Å². The van der Waals surface area contributed by atoms with Crippen molar-refractivity contribution >= 4 is 17.5 Å². The van der Waals surface area contributed by atoms with Crippen LogP contribution in [0.25, 0.3) is 0 Å². The molecule has 0 saturated heterocycles. The van der Waals surface area contributed by atoms with Crippen LogP contribution in [0.2, 0.25) is 0 Å². The lowest BCUT2D eigenvalue weighted by atomic mass is 9.80. The Labute approximate surface area is 112 Å². The van der Waals surface area contributed by atoms with Crippen LogP contribution in [0.15, 0.2) is 18.2 Å². The number of benzene rings is 1. The molecule has 1 unspecified atom stereocenters. The SMILES string of the molecule is CC(NC(=O)c1ccc2c(c1)CC(=O)N2)C1CCC1. The maximum atomic E-state index is 12.2. The van der Waals surface area contributed by atoms with Gasteiger partial charge in [-0.25, -0.2) is 0 Å². The van der Waals surface area contributed by atoms with E-state index in [1.165, 1.54) is 19.3 Å². The van der Waals surface area contributed by atoms with E-state index in [0.29, 0.717) is 17.9 Å². The standard InChI is InChI=1S/C15H18N2O2/c1-9(10-3-2-4-10)16-15(19)11-5-6-13-12(7-11)8-14(18)17-13/h5-7,9-10H,2-4,8H2,1H3,(H,16,19)(H,17,18). The van der Waals surface area contributed by atoms with E-state index < -0.39 is 0 Å². The minimum absolute atomic E-state index is 0.00426. The van der Waals surface area contributed by atoms with Crippen LogP contribution < -0.4 is 10.6 Å². The molecule has 3 rings (SSSR count). The molecule has 4 nitrogen and oxygen atoms in total. The van der Waals surface area contributed by atoms with Gasteiger partial charge in [-0.2, -0.15) is 0 Å². The average Bonchev–Trinajstić information content (AvgIpc) is 2.65. The van der Waals surface area contributed by atoms with Gasteiger partial charge in [0, 0.05) is 17.3 Å². The first-order valence-corrected chi connectivity index (χ1v) is 6.87. The number of carbonyl (C=O) groups excluding carboxylic acids is 2. The fourth-order valence-electron chi connectivity index (χ4n) is 2.72. The van der Waals surface area contributed by atoms with Crippen LogP contribution in [0.1, 0.15) is 42.1 Å². The highest BCUT2D eigenvalue weighted by Crippen LogP contribution is 2.29. The normalized spacial score (nSPS) is 19.3. The van der Waals surface area contributed by atoms with E-state index in [1.807, 2.05) is 12.1 Å². The van der Waals surface area contributed by atoms with Gasteiger partial charge in [0.2, 0.25) is 5.91 Å². The zero-order valence-electron chi connectivity index (χ0n) is 11.0. The average molecular weight is 258 g/mol. The molecule has 2 aliphatic rings. The van der Waals surface area contributed by atoms with E-state index in [-0.39, 0.29) is 17.9 Å². The minimum Gasteiger partial charge on any atom is -0.349 e. The molecule has 0 aromatic heterocycles. The zero-order valence-corrected chi connectivity index (χ0v) is 11.0. The summed E-state index contributed by atoms with van der Waals surface area (Å²) in [5, 5.41) is 5.83. The van der Waals surface area contributed by atoms with Crippen LogP contribution in [0.5, 0.6) is 0 Å². The highest BCUT2D eigenvalue weighted by molar-refractivity contribution is 6.01. The molecule has 0 radical (unpaired) electrons. The van der Waals surface area contributed by atoms with Crippen LogP contribution in [0.4, 0.5) is 5.69 Å². The van der Waals surface area contributed by atoms with E-state index in [1.54, 1.807) is 6.07 Å². The van der Waals surface area contributed by atoms with Crippen molar-refractivity contribution in [3.05, 3.63) is 29.3 Å². The molecule has 1 fully saturated rings. The molecule has 1 aliphatic heterocycles. The number of hydrogen-bond acceptors (Lipinski definition) is 2. The number of nitrogens with one attached hydrogen (secondary N) is 2. The van der Waals surface area contributed by atoms with Gasteiger partial charge in [0.05, 0.1) is 6.42 Å². The minimum atomic E-state index is -0.0402. The molecule has 19 heavy (non-hydrogen) atoms. The quantitative estimate of drug-likeness (QED) is 0.872. The molecule has 1 atom stereocenters. The first-order valence-electron chi connectivity index (χ1n) is 6.87. The lowest BCUT2D eigenvalue weighted by Gasteiger charge is -2.31. The summed E-state index contributed by atoms with van der Waals surface area (Å²) >= 11 is 0. The van der Waals surface area contributed by atoms with Gasteiger partial charge < -0.3 is 10.6 Å². The Morgan fingerprint density at radius 3 is 2.89 bits per heavy atom. The van der Waals surface area contributed by atoms with E-state index in [9.17, 15) is 9.59 Å². The Bertz CT molecular complexity index is 535. The highest BCUT2D eigenvalue weighted by atomic mass is 16.2. The Balaban J connectivity index is 1.70. The van der Waals surface area contributed by atoms with Crippen molar-refractivity contribution < 1.29 is 9.59 Å². The number of fused-ring (bicyclic) bond motifs is 1. The number of amides is 2. The van der Waals surface area contributed by atoms with E-state index >= 15 is 0 Å². The van der Waals surface area contributed by atoms with Gasteiger partial charge in [-0.05, 0) is 49.4 Å². The number of rotatable bonds is 3. The molecular formula is C15H18N2O2. The van der Waals surface area contributed by atoms with Gasteiger partial charge in [-0.3, -0.25) is 9.59 Å². The molecule has 0 spiro atoms. The second kappa shape index (κ2) is 4.68. The Kier molecular flexibility index (Phi) is 3.01. The first kappa shape index (κ1) is 12.2. The maximum Gasteiger partial charge on any atom is 0.251 e. The Hall–Kier alpha value is -1.84. The van der Waals surface area contributed by atoms with Crippen molar-refractivity contribution in [2.75, 3.05) is 5.32 Å². The largest absolute Gasteiger partial charge is 0.349 e. The lowest BCUT2D eigenvalue weighted by Crippen LogP contribution is -2.40. The summed E-state index contributed by atoms with van der Waals surface area (Å²) in [4.78, 5) is 23.4. The smallest absolute Gasteiger partial charge is 0.251 e. The number of hydrogen-bond donors (Lipinski definition) is 2. The van der Waals surface area contributed by atoms with Crippen molar-refractivity contribution in [2.45, 2.75) is 38.6 Å². The molecule has 2 amide bonds. The second-order valence-corrected chi connectivity index (χ2v) is 5.55. The summed E-state index contributed by atoms with van der Waals surface area (Å²) < 4.78 is 0. The molecule has 100 valence electrons. The summed E-state index contributed by atoms with van der Waals surface area (Å²) in [6.45, 7) is 2.07. The first-order chi connectivity index (χ1) is 9.13. The third-order valence-corrected chi connectivity index (χ3v) is 4.21. The van der Waals surface area contributed by atoms with Gasteiger partial charge >= 0.3 is 0 Å². The van der Waals surface area contributed by atoms with Gasteiger partial charge in [0.1, 0.15) is 0 Å². The summed E-state index contributed by atoms with van der Waals surface area (Å²) in [6.07, 6.45) is 4.07. The van der Waals surface area contributed by atoms with Crippen LogP contribution >= 0.6 is 0 Å². The molecule has 1 aliphatic carbocycles. The van der Waals surface area contributed by atoms with E-state index in [2.05, 4.69) is 17.6 Å². The molecule has 1 aromatic rings. The summed E-state index contributed by atoms with van der Waals surface area (Å²) in [6, 6.07) is 5.63. The molecule has 2 N–H and O–H groups in total. The van der Waals surface area contributed by atoms with Crippen LogP contribution in [0, 0.1) is 5.92 Å². The van der Waals surface area contributed by atoms with E-state index in [4.69, 9.17) is 0 Å².